The topological polar surface area (TPSA) is 46.2 Å². The third-order valence-corrected chi connectivity index (χ3v) is 8.44. The molecule has 0 amide bonds. The Bertz CT molecular complexity index is 466. The van der Waals surface area contributed by atoms with Gasteiger partial charge in [0.05, 0.1) is 74.5 Å². The van der Waals surface area contributed by atoms with Gasteiger partial charge in [-0.1, -0.05) is 12.2 Å². The zero-order valence-corrected chi connectivity index (χ0v) is 18.2. The Labute approximate surface area is 170 Å². The highest BCUT2D eigenvalue weighted by Gasteiger charge is 2.09. The quantitative estimate of drug-likeness (QED) is 0.560. The Morgan fingerprint density at radius 2 is 0.840 bits per heavy atom. The largest absolute Gasteiger partial charge is 0.378 e. The maximum atomic E-state index is 5.60. The van der Waals surface area contributed by atoms with Gasteiger partial charge in [0.2, 0.25) is 0 Å². The maximum absolute atomic E-state index is 5.60. The average Bonchev–Trinajstić information content (AvgIpc) is 2.96. The van der Waals surface area contributed by atoms with Gasteiger partial charge in [-0.05, 0) is 0 Å². The Balaban J connectivity index is 1.74. The maximum Gasteiger partial charge on any atom is 0.145 e. The van der Waals surface area contributed by atoms with Crippen molar-refractivity contribution in [1.82, 2.24) is 0 Å². The Morgan fingerprint density at radius 3 is 1.20 bits per heavy atom. The van der Waals surface area contributed by atoms with Crippen LogP contribution >= 0.6 is 58.4 Å². The number of hydrogen-bond acceptors (Lipinski definition) is 10. The van der Waals surface area contributed by atoms with E-state index >= 15 is 0 Å². The SMILES string of the molecule is S=c1sc2c(s1)SCCOCCOCCOCCOCCOCCS2. The molecule has 0 bridgehead atoms. The number of ether oxygens (including phenoxy) is 5. The minimum atomic E-state index is 0.582. The monoisotopic (exact) mass is 444 g/mol. The van der Waals surface area contributed by atoms with Crippen LogP contribution in [-0.4, -0.2) is 77.6 Å². The smallest absolute Gasteiger partial charge is 0.145 e. The van der Waals surface area contributed by atoms with E-state index in [0.29, 0.717) is 66.1 Å². The molecule has 1 aromatic rings. The lowest BCUT2D eigenvalue weighted by atomic mass is 10.7. The second-order valence-electron chi connectivity index (χ2n) is 4.79. The van der Waals surface area contributed by atoms with Crippen LogP contribution in [0, 0.1) is 3.14 Å². The van der Waals surface area contributed by atoms with Crippen LogP contribution in [-0.2, 0) is 23.7 Å². The number of hydrogen-bond donors (Lipinski definition) is 0. The van der Waals surface area contributed by atoms with E-state index in [9.17, 15) is 0 Å². The van der Waals surface area contributed by atoms with Crippen molar-refractivity contribution in [3.63, 3.8) is 0 Å². The number of thioether (sulfide) groups is 2. The molecule has 1 aliphatic heterocycles. The summed E-state index contributed by atoms with van der Waals surface area (Å²) in [5, 5.41) is 0. The molecule has 5 nitrogen and oxygen atoms in total. The highest BCUT2D eigenvalue weighted by Crippen LogP contribution is 2.40. The van der Waals surface area contributed by atoms with Crippen LogP contribution in [0.15, 0.2) is 8.42 Å². The molecule has 10 heteroatoms. The minimum Gasteiger partial charge on any atom is -0.378 e. The minimum absolute atomic E-state index is 0.582. The van der Waals surface area contributed by atoms with Gasteiger partial charge in [0, 0.05) is 11.5 Å². The van der Waals surface area contributed by atoms with E-state index in [2.05, 4.69) is 0 Å². The van der Waals surface area contributed by atoms with Gasteiger partial charge in [-0.2, -0.15) is 0 Å². The molecule has 144 valence electrons. The second-order valence-corrected chi connectivity index (χ2v) is 10.7. The van der Waals surface area contributed by atoms with Gasteiger partial charge in [0.1, 0.15) is 3.14 Å². The number of rotatable bonds is 0. The average molecular weight is 445 g/mol. The molecule has 0 spiro atoms. The lowest BCUT2D eigenvalue weighted by Gasteiger charge is -2.07. The first-order chi connectivity index (χ1) is 12.4. The molecule has 2 rings (SSSR count). The fraction of sp³-hybridized carbons (Fsp3) is 0.800. The van der Waals surface area contributed by atoms with E-state index in [4.69, 9.17) is 35.9 Å². The standard InChI is InChI=1S/C15H24O5S5/c21-15-24-13-14(25-15)23-12-10-20-8-6-18-4-2-16-1-3-17-5-7-19-9-11-22-13/h1-12H2. The third kappa shape index (κ3) is 10.6. The van der Waals surface area contributed by atoms with Crippen molar-refractivity contribution < 1.29 is 23.7 Å². The lowest BCUT2D eigenvalue weighted by molar-refractivity contribution is -0.00902. The van der Waals surface area contributed by atoms with Crippen LogP contribution in [0.2, 0.25) is 0 Å². The summed E-state index contributed by atoms with van der Waals surface area (Å²) in [4.78, 5) is 0. The van der Waals surface area contributed by atoms with E-state index in [0.717, 1.165) is 14.6 Å². The molecular weight excluding hydrogens is 420 g/mol. The molecule has 0 aliphatic carbocycles. The Kier molecular flexibility index (Phi) is 13.0. The Hall–Kier alpha value is 0.770. The molecule has 25 heavy (non-hydrogen) atoms. The molecule has 2 heterocycles. The van der Waals surface area contributed by atoms with Gasteiger partial charge < -0.3 is 23.7 Å². The Morgan fingerprint density at radius 1 is 0.520 bits per heavy atom. The molecule has 0 N–H and O–H groups in total. The van der Waals surface area contributed by atoms with Crippen molar-refractivity contribution in [2.24, 2.45) is 0 Å². The summed E-state index contributed by atoms with van der Waals surface area (Å²) < 4.78 is 31.1. The fourth-order valence-corrected chi connectivity index (χ4v) is 7.76. The van der Waals surface area contributed by atoms with Gasteiger partial charge in [-0.15, -0.1) is 46.2 Å². The van der Waals surface area contributed by atoms with E-state index in [1.807, 2.05) is 23.5 Å². The summed E-state index contributed by atoms with van der Waals surface area (Å²) in [5.41, 5.74) is 0. The van der Waals surface area contributed by atoms with Crippen molar-refractivity contribution in [2.75, 3.05) is 77.6 Å². The van der Waals surface area contributed by atoms with E-state index in [1.54, 1.807) is 22.7 Å². The van der Waals surface area contributed by atoms with Crippen molar-refractivity contribution in [3.8, 4) is 0 Å². The summed E-state index contributed by atoms with van der Waals surface area (Å²) in [6.07, 6.45) is 0. The lowest BCUT2D eigenvalue weighted by Crippen LogP contribution is -2.13. The van der Waals surface area contributed by atoms with Crippen LogP contribution in [0.4, 0.5) is 0 Å². The van der Waals surface area contributed by atoms with Gasteiger partial charge in [-0.25, -0.2) is 0 Å². The van der Waals surface area contributed by atoms with Crippen molar-refractivity contribution >= 4 is 58.4 Å². The molecule has 0 atom stereocenters. The van der Waals surface area contributed by atoms with Gasteiger partial charge >= 0.3 is 0 Å². The molecule has 1 aromatic heterocycles. The molecule has 0 fully saturated rings. The summed E-state index contributed by atoms with van der Waals surface area (Å²) in [6.45, 7) is 6.18. The highest BCUT2D eigenvalue weighted by molar-refractivity contribution is 8.05. The first kappa shape index (κ1) is 22.1. The molecule has 0 unspecified atom stereocenters. The summed E-state index contributed by atoms with van der Waals surface area (Å²) >= 11 is 12.4. The van der Waals surface area contributed by atoms with Gasteiger partial charge in [0.15, 0.2) is 0 Å². The first-order valence-corrected chi connectivity index (χ1v) is 12.2. The van der Waals surface area contributed by atoms with E-state index in [1.165, 1.54) is 8.42 Å². The van der Waals surface area contributed by atoms with E-state index < -0.39 is 0 Å². The third-order valence-electron chi connectivity index (χ3n) is 2.93. The van der Waals surface area contributed by atoms with Crippen LogP contribution < -0.4 is 0 Å². The molecule has 0 saturated carbocycles. The molecular formula is C15H24O5S5. The predicted molar refractivity (Wildman–Crippen MR) is 109 cm³/mol. The van der Waals surface area contributed by atoms with Crippen molar-refractivity contribution in [3.05, 3.63) is 3.14 Å². The summed E-state index contributed by atoms with van der Waals surface area (Å²) in [6, 6.07) is 0. The predicted octanol–water partition coefficient (Wildman–Crippen LogP) is 3.82. The molecule has 1 aliphatic rings. The van der Waals surface area contributed by atoms with Crippen LogP contribution in [0.1, 0.15) is 0 Å². The van der Waals surface area contributed by atoms with Gasteiger partial charge in [0.25, 0.3) is 0 Å². The van der Waals surface area contributed by atoms with Crippen LogP contribution in [0.25, 0.3) is 0 Å². The molecule has 0 aromatic carbocycles. The zero-order valence-electron chi connectivity index (χ0n) is 14.1. The fourth-order valence-electron chi connectivity index (χ4n) is 1.80. The second kappa shape index (κ2) is 14.8. The van der Waals surface area contributed by atoms with Crippen molar-refractivity contribution in [2.45, 2.75) is 8.42 Å². The van der Waals surface area contributed by atoms with Crippen LogP contribution in [0.5, 0.6) is 0 Å². The summed E-state index contributed by atoms with van der Waals surface area (Å²) in [7, 11) is 0. The van der Waals surface area contributed by atoms with Crippen molar-refractivity contribution in [1.29, 1.82) is 0 Å². The highest BCUT2D eigenvalue weighted by atomic mass is 32.2. The normalized spacial score (nSPS) is 21.1. The zero-order chi connectivity index (χ0) is 17.6. The van der Waals surface area contributed by atoms with Gasteiger partial charge in [-0.3, -0.25) is 0 Å². The van der Waals surface area contributed by atoms with Crippen LogP contribution in [0.3, 0.4) is 0 Å². The molecule has 0 radical (unpaired) electrons. The number of fused-ring (bicyclic) bond motifs is 1. The molecule has 0 saturated heterocycles. The summed E-state index contributed by atoms with van der Waals surface area (Å²) in [5.74, 6) is 1.85. The van der Waals surface area contributed by atoms with E-state index in [-0.39, 0.29) is 0 Å². The first-order valence-electron chi connectivity index (χ1n) is 8.14.